The Balaban J connectivity index is 2.38. The van der Waals surface area contributed by atoms with Crippen molar-refractivity contribution in [2.24, 2.45) is 0 Å². The van der Waals surface area contributed by atoms with E-state index in [-0.39, 0.29) is 11.5 Å². The number of methoxy groups -OCH3 is 1. The molecule has 0 aromatic heterocycles. The molecule has 1 unspecified atom stereocenters. The minimum Gasteiger partial charge on any atom is -0.469 e. The second-order valence-electron chi connectivity index (χ2n) is 4.60. The van der Waals surface area contributed by atoms with E-state index < -0.39 is 0 Å². The fraction of sp³-hybridized carbons (Fsp3) is 0.500. The third kappa shape index (κ3) is 2.20. The first-order valence-electron chi connectivity index (χ1n) is 6.06. The van der Waals surface area contributed by atoms with Crippen LogP contribution in [0.15, 0.2) is 24.3 Å². The predicted octanol–water partition coefficient (Wildman–Crippen LogP) is 2.00. The lowest BCUT2D eigenvalue weighted by molar-refractivity contribution is -0.142. The molecule has 1 atom stereocenters. The van der Waals surface area contributed by atoms with Gasteiger partial charge < -0.3 is 10.1 Å². The Morgan fingerprint density at radius 3 is 2.94 bits per heavy atom. The Morgan fingerprint density at radius 2 is 2.24 bits per heavy atom. The average molecular weight is 233 g/mol. The van der Waals surface area contributed by atoms with Gasteiger partial charge in [-0.2, -0.15) is 0 Å². The van der Waals surface area contributed by atoms with Gasteiger partial charge in [-0.05, 0) is 37.4 Å². The second-order valence-corrected chi connectivity index (χ2v) is 4.60. The molecule has 0 amide bonds. The van der Waals surface area contributed by atoms with E-state index in [1.165, 1.54) is 18.2 Å². The Hall–Kier alpha value is -1.35. The van der Waals surface area contributed by atoms with Gasteiger partial charge >= 0.3 is 5.97 Å². The molecule has 0 saturated carbocycles. The van der Waals surface area contributed by atoms with Crippen molar-refractivity contribution >= 4 is 5.97 Å². The van der Waals surface area contributed by atoms with Crippen molar-refractivity contribution in [2.45, 2.75) is 31.2 Å². The zero-order chi connectivity index (χ0) is 12.3. The molecule has 0 spiro atoms. The van der Waals surface area contributed by atoms with Crippen molar-refractivity contribution in [2.75, 3.05) is 14.2 Å². The van der Waals surface area contributed by atoms with Crippen molar-refractivity contribution in [3.63, 3.8) is 0 Å². The summed E-state index contributed by atoms with van der Waals surface area (Å²) >= 11 is 0. The number of benzene rings is 1. The summed E-state index contributed by atoms with van der Waals surface area (Å²) in [4.78, 5) is 11.6. The fourth-order valence-corrected chi connectivity index (χ4v) is 2.77. The van der Waals surface area contributed by atoms with Crippen molar-refractivity contribution < 1.29 is 9.53 Å². The Labute approximate surface area is 102 Å². The van der Waals surface area contributed by atoms with Crippen molar-refractivity contribution in [1.29, 1.82) is 0 Å². The number of carbonyl (C=O) groups excluding carboxylic acids is 1. The topological polar surface area (TPSA) is 38.3 Å². The monoisotopic (exact) mass is 233 g/mol. The van der Waals surface area contributed by atoms with E-state index in [1.54, 1.807) is 0 Å². The summed E-state index contributed by atoms with van der Waals surface area (Å²) in [6.45, 7) is 0. The summed E-state index contributed by atoms with van der Waals surface area (Å²) in [7, 11) is 3.37. The number of hydrogen-bond acceptors (Lipinski definition) is 3. The van der Waals surface area contributed by atoms with Gasteiger partial charge in [0.25, 0.3) is 0 Å². The van der Waals surface area contributed by atoms with E-state index in [0.717, 1.165) is 19.3 Å². The molecule has 0 bridgehead atoms. The zero-order valence-electron chi connectivity index (χ0n) is 10.5. The number of rotatable bonds is 3. The fourth-order valence-electron chi connectivity index (χ4n) is 2.77. The van der Waals surface area contributed by atoms with Crippen LogP contribution < -0.4 is 5.32 Å². The van der Waals surface area contributed by atoms with Gasteiger partial charge in [0.1, 0.15) is 0 Å². The number of hydrogen-bond donors (Lipinski definition) is 1. The van der Waals surface area contributed by atoms with E-state index in [1.807, 2.05) is 13.1 Å². The highest BCUT2D eigenvalue weighted by molar-refractivity contribution is 5.71. The van der Waals surface area contributed by atoms with Gasteiger partial charge in [-0.25, -0.2) is 0 Å². The van der Waals surface area contributed by atoms with Crippen LogP contribution in [0.4, 0.5) is 0 Å². The molecule has 3 nitrogen and oxygen atoms in total. The van der Waals surface area contributed by atoms with Gasteiger partial charge in [0.15, 0.2) is 0 Å². The summed E-state index contributed by atoms with van der Waals surface area (Å²) < 4.78 is 4.82. The third-order valence-corrected chi connectivity index (χ3v) is 3.73. The minimum absolute atomic E-state index is 0.156. The second kappa shape index (κ2) is 4.88. The highest BCUT2D eigenvalue weighted by Crippen LogP contribution is 2.37. The van der Waals surface area contributed by atoms with Crippen molar-refractivity contribution in [1.82, 2.24) is 5.32 Å². The smallest absolute Gasteiger partial charge is 0.307 e. The maximum absolute atomic E-state index is 11.6. The van der Waals surface area contributed by atoms with Crippen LogP contribution in [0.1, 0.15) is 30.4 Å². The first-order chi connectivity index (χ1) is 8.22. The molecule has 0 saturated heterocycles. The lowest BCUT2D eigenvalue weighted by Gasteiger charge is -2.38. The van der Waals surface area contributed by atoms with Crippen LogP contribution in [0, 0.1) is 0 Å². The van der Waals surface area contributed by atoms with E-state index in [0.29, 0.717) is 6.42 Å². The Kier molecular flexibility index (Phi) is 3.48. The lowest BCUT2D eigenvalue weighted by Crippen LogP contribution is -2.44. The highest BCUT2D eigenvalue weighted by atomic mass is 16.5. The summed E-state index contributed by atoms with van der Waals surface area (Å²) in [5.74, 6) is -0.156. The summed E-state index contributed by atoms with van der Waals surface area (Å²) in [5, 5.41) is 3.34. The molecular formula is C14H19NO2. The van der Waals surface area contributed by atoms with Crippen LogP contribution in [-0.2, 0) is 21.5 Å². The number of esters is 1. The highest BCUT2D eigenvalue weighted by Gasteiger charge is 2.37. The van der Waals surface area contributed by atoms with Gasteiger partial charge in [-0.15, -0.1) is 0 Å². The van der Waals surface area contributed by atoms with E-state index >= 15 is 0 Å². The average Bonchev–Trinajstić information content (AvgIpc) is 2.39. The van der Waals surface area contributed by atoms with E-state index in [4.69, 9.17) is 4.74 Å². The van der Waals surface area contributed by atoms with E-state index in [9.17, 15) is 4.79 Å². The van der Waals surface area contributed by atoms with Gasteiger partial charge in [0.05, 0.1) is 19.1 Å². The molecule has 17 heavy (non-hydrogen) atoms. The minimum atomic E-state index is -0.248. The van der Waals surface area contributed by atoms with Crippen molar-refractivity contribution in [3.8, 4) is 0 Å². The van der Waals surface area contributed by atoms with Crippen LogP contribution in [0.3, 0.4) is 0 Å². The largest absolute Gasteiger partial charge is 0.469 e. The molecule has 0 radical (unpaired) electrons. The molecule has 1 aromatic carbocycles. The molecule has 0 aliphatic heterocycles. The molecule has 1 aromatic rings. The third-order valence-electron chi connectivity index (χ3n) is 3.73. The Morgan fingerprint density at radius 1 is 1.47 bits per heavy atom. The van der Waals surface area contributed by atoms with E-state index in [2.05, 4.69) is 23.5 Å². The molecule has 0 fully saturated rings. The first kappa shape index (κ1) is 12.1. The maximum atomic E-state index is 11.6. The van der Waals surface area contributed by atoms with Gasteiger partial charge in [-0.3, -0.25) is 4.79 Å². The summed E-state index contributed by atoms with van der Waals surface area (Å²) in [6, 6.07) is 8.36. The summed E-state index contributed by atoms with van der Waals surface area (Å²) in [5.41, 5.74) is 2.35. The predicted molar refractivity (Wildman–Crippen MR) is 66.8 cm³/mol. The van der Waals surface area contributed by atoms with Crippen LogP contribution in [0.2, 0.25) is 0 Å². The Bertz CT molecular complexity index is 416. The van der Waals surface area contributed by atoms with Crippen molar-refractivity contribution in [3.05, 3.63) is 35.4 Å². The number of ether oxygens (including phenoxy) is 1. The molecular weight excluding hydrogens is 214 g/mol. The van der Waals surface area contributed by atoms with Gasteiger partial charge in [0.2, 0.25) is 0 Å². The lowest BCUT2D eigenvalue weighted by atomic mass is 9.74. The molecule has 1 aliphatic rings. The van der Waals surface area contributed by atoms with Gasteiger partial charge in [0, 0.05) is 0 Å². The zero-order valence-corrected chi connectivity index (χ0v) is 10.5. The molecule has 92 valence electrons. The SMILES string of the molecule is CNC1(CC(=O)OC)CCCc2ccccc21. The molecule has 1 aliphatic carbocycles. The maximum Gasteiger partial charge on any atom is 0.307 e. The molecule has 2 rings (SSSR count). The van der Waals surface area contributed by atoms with Gasteiger partial charge in [-0.1, -0.05) is 24.3 Å². The number of nitrogens with one attached hydrogen (secondary N) is 1. The van der Waals surface area contributed by atoms with Crippen LogP contribution in [0.5, 0.6) is 0 Å². The summed E-state index contributed by atoms with van der Waals surface area (Å²) in [6.07, 6.45) is 3.59. The van der Waals surface area contributed by atoms with Crippen LogP contribution in [0.25, 0.3) is 0 Å². The first-order valence-corrected chi connectivity index (χ1v) is 6.06. The van der Waals surface area contributed by atoms with Crippen LogP contribution >= 0.6 is 0 Å². The molecule has 1 N–H and O–H groups in total. The molecule has 3 heteroatoms. The molecule has 0 heterocycles. The quantitative estimate of drug-likeness (QED) is 0.811. The standard InChI is InChI=1S/C14H19NO2/c1-15-14(10-13(16)17-2)9-5-7-11-6-3-4-8-12(11)14/h3-4,6,8,15H,5,7,9-10H2,1-2H3. The number of fused-ring (bicyclic) bond motifs is 1. The van der Waals surface area contributed by atoms with Crippen LogP contribution in [-0.4, -0.2) is 20.1 Å². The normalized spacial score (nSPS) is 22.9. The number of aryl methyl sites for hydroxylation is 1. The number of carbonyl (C=O) groups is 1.